The Labute approximate surface area is 325 Å². The number of ether oxygens (including phenoxy) is 1. The van der Waals surface area contributed by atoms with Crippen LogP contribution in [0.5, 0.6) is 0 Å². The van der Waals surface area contributed by atoms with Crippen molar-refractivity contribution < 1.29 is 29.0 Å². The fourth-order valence-electron chi connectivity index (χ4n) is 13.3. The molecular weight excluding hydrogens is 673 g/mol. The second kappa shape index (κ2) is 13.9. The fraction of sp³-hybridized carbons (Fsp3) is 0.708. The van der Waals surface area contributed by atoms with Gasteiger partial charge in [0.15, 0.2) is 11.6 Å². The Balaban J connectivity index is 1.26. The monoisotopic (exact) mass is 741 g/mol. The fourth-order valence-corrected chi connectivity index (χ4v) is 13.3. The molecule has 296 valence electrons. The lowest BCUT2D eigenvalue weighted by Crippen LogP contribution is -2.65. The number of carbonyl (C=O) groups is 4. The number of Topliss-reactive ketones (excluding diaryl/α,β-unsaturated/α-hetero) is 1. The molecule has 0 heterocycles. The Hall–Kier alpha value is -3.02. The maximum absolute atomic E-state index is 14.0. The molecule has 1 aromatic rings. The van der Waals surface area contributed by atoms with Gasteiger partial charge in [-0.3, -0.25) is 19.2 Å². The number of carbonyl (C=O) groups excluding carboxylic acids is 3. The number of hydrogen-bond acceptors (Lipinski definition) is 5. The van der Waals surface area contributed by atoms with E-state index in [0.29, 0.717) is 30.6 Å². The molecule has 9 atom stereocenters. The van der Waals surface area contributed by atoms with E-state index in [4.69, 9.17) is 4.74 Å². The Morgan fingerprint density at radius 1 is 0.889 bits per heavy atom. The first-order chi connectivity index (χ1) is 25.0. The smallest absolute Gasteiger partial charge is 0.309 e. The number of allylic oxidation sites excluding steroid dienone is 4. The van der Waals surface area contributed by atoms with Crippen molar-refractivity contribution >= 4 is 23.5 Å². The average Bonchev–Trinajstić information content (AvgIpc) is 3.37. The van der Waals surface area contributed by atoms with Crippen molar-refractivity contribution in [3.63, 3.8) is 0 Å². The zero-order chi connectivity index (χ0) is 39.8. The quantitative estimate of drug-likeness (QED) is 0.189. The van der Waals surface area contributed by atoms with E-state index < -0.39 is 17.4 Å². The van der Waals surface area contributed by atoms with E-state index in [9.17, 15) is 24.3 Å². The molecule has 6 heteroatoms. The van der Waals surface area contributed by atoms with Gasteiger partial charge in [0.2, 0.25) is 0 Å². The van der Waals surface area contributed by atoms with Crippen LogP contribution in [-0.2, 0) is 23.9 Å². The van der Waals surface area contributed by atoms with Crippen LogP contribution in [0, 0.1) is 63.1 Å². The first kappa shape index (κ1) is 40.6. The molecule has 4 saturated carbocycles. The molecule has 6 rings (SSSR count). The van der Waals surface area contributed by atoms with Crippen molar-refractivity contribution in [1.82, 2.24) is 0 Å². The number of aliphatic carboxylic acids is 1. The molecule has 0 aromatic heterocycles. The van der Waals surface area contributed by atoms with Crippen molar-refractivity contribution in [2.24, 2.45) is 56.2 Å². The maximum Gasteiger partial charge on any atom is 0.309 e. The van der Waals surface area contributed by atoms with Crippen LogP contribution < -0.4 is 0 Å². The number of fused-ring (bicyclic) bond motifs is 7. The lowest BCUT2D eigenvalue weighted by atomic mass is 9.33. The van der Waals surface area contributed by atoms with Gasteiger partial charge in [0.05, 0.1) is 11.8 Å². The first-order valence-electron chi connectivity index (χ1n) is 21.0. The van der Waals surface area contributed by atoms with E-state index in [1.165, 1.54) is 16.7 Å². The third kappa shape index (κ3) is 6.47. The summed E-state index contributed by atoms with van der Waals surface area (Å²) in [5, 5.41) is 9.62. The summed E-state index contributed by atoms with van der Waals surface area (Å²) in [6, 6.07) is 8.47. The van der Waals surface area contributed by atoms with Gasteiger partial charge in [0.25, 0.3) is 0 Å². The average molecular weight is 741 g/mol. The van der Waals surface area contributed by atoms with Crippen LogP contribution in [0.2, 0.25) is 0 Å². The second-order valence-electron chi connectivity index (χ2n) is 20.9. The summed E-state index contributed by atoms with van der Waals surface area (Å²) in [7, 11) is 0. The molecule has 0 saturated heterocycles. The van der Waals surface area contributed by atoms with Gasteiger partial charge in [-0.15, -0.1) is 0 Å². The van der Waals surface area contributed by atoms with Gasteiger partial charge in [-0.25, -0.2) is 0 Å². The normalized spacial score (nSPS) is 36.6. The van der Waals surface area contributed by atoms with Crippen LogP contribution in [0.1, 0.15) is 157 Å². The molecule has 0 bridgehead atoms. The highest BCUT2D eigenvalue weighted by Gasteiger charge is 2.70. The van der Waals surface area contributed by atoms with Crippen LogP contribution in [0.3, 0.4) is 0 Å². The van der Waals surface area contributed by atoms with Crippen molar-refractivity contribution in [1.29, 1.82) is 0 Å². The van der Waals surface area contributed by atoms with Gasteiger partial charge in [-0.2, -0.15) is 0 Å². The van der Waals surface area contributed by atoms with Crippen LogP contribution in [0.25, 0.3) is 0 Å². The van der Waals surface area contributed by atoms with E-state index in [2.05, 4.69) is 92.7 Å². The number of rotatable bonds is 10. The molecule has 6 nitrogen and oxygen atoms in total. The summed E-state index contributed by atoms with van der Waals surface area (Å²) >= 11 is 0. The molecule has 0 spiro atoms. The van der Waals surface area contributed by atoms with Crippen molar-refractivity contribution in [3.8, 4) is 0 Å². The minimum atomic E-state index is -1.16. The summed E-state index contributed by atoms with van der Waals surface area (Å²) in [5.74, 6) is 0.443. The largest absolute Gasteiger partial charge is 0.481 e. The van der Waals surface area contributed by atoms with Gasteiger partial charge in [0.1, 0.15) is 6.10 Å². The summed E-state index contributed by atoms with van der Waals surface area (Å²) < 4.78 is 6.17. The molecular formula is C48H68O6. The molecule has 0 aliphatic heterocycles. The van der Waals surface area contributed by atoms with Crippen molar-refractivity contribution in [2.75, 3.05) is 0 Å². The Morgan fingerprint density at radius 2 is 1.56 bits per heavy atom. The molecule has 4 fully saturated rings. The van der Waals surface area contributed by atoms with Crippen LogP contribution in [0.15, 0.2) is 47.6 Å². The molecule has 1 aromatic carbocycles. The van der Waals surface area contributed by atoms with Gasteiger partial charge in [-0.05, 0) is 141 Å². The molecule has 0 unspecified atom stereocenters. The molecule has 5 aliphatic carbocycles. The number of aryl methyl sites for hydroxylation is 1. The highest BCUT2D eigenvalue weighted by Crippen LogP contribution is 2.77. The molecule has 1 N–H and O–H groups in total. The zero-order valence-corrected chi connectivity index (χ0v) is 35.2. The van der Waals surface area contributed by atoms with Crippen LogP contribution in [0.4, 0.5) is 0 Å². The van der Waals surface area contributed by atoms with Gasteiger partial charge in [0, 0.05) is 23.7 Å². The molecule has 54 heavy (non-hydrogen) atoms. The van der Waals surface area contributed by atoms with Crippen molar-refractivity contribution in [3.05, 3.63) is 58.7 Å². The topological polar surface area (TPSA) is 97.7 Å². The minimum absolute atomic E-state index is 0.0150. The van der Waals surface area contributed by atoms with E-state index in [-0.39, 0.29) is 63.0 Å². The number of ketones is 2. The zero-order valence-electron chi connectivity index (χ0n) is 35.2. The number of benzene rings is 1. The number of hydrogen-bond donors (Lipinski definition) is 1. The SMILES string of the molecule is Cc1ccc([C@@H](C)CC(=O)/C=C/[C@@]23CC[C@]4(C)[C@H](CC[C@@H]5[C@@]6(C)CC[C@H](OC(=O)CC(C)(C)C(=O)O)C(C)(C)[C@@H]6CC[C@]54C)C2=C(C(C)C)C(=O)C3)cc1. The predicted molar refractivity (Wildman–Crippen MR) is 214 cm³/mol. The number of esters is 1. The van der Waals surface area contributed by atoms with E-state index in [0.717, 1.165) is 56.9 Å². The number of carboxylic acids is 1. The highest BCUT2D eigenvalue weighted by atomic mass is 16.5. The third-order valence-electron chi connectivity index (χ3n) is 16.6. The molecule has 0 radical (unpaired) electrons. The third-order valence-corrected chi connectivity index (χ3v) is 16.6. The van der Waals surface area contributed by atoms with E-state index in [1.807, 2.05) is 6.08 Å². The van der Waals surface area contributed by atoms with Crippen LogP contribution >= 0.6 is 0 Å². The Morgan fingerprint density at radius 3 is 2.19 bits per heavy atom. The molecule has 5 aliphatic rings. The standard InChI is InChI=1S/C48H68O6/c1-29(2)40-35(50)27-48(23-18-33(49)26-31(4)32-14-12-30(3)13-15-32)25-24-46(10)34(41(40)48)16-17-37-45(9)21-20-38(54-39(51)28-43(5,6)42(52)53)44(7,8)36(45)19-22-47(37,46)11/h12-15,18,23,29,31,34,36-38H,16-17,19-22,24-28H2,1-11H3,(H,52,53)/b23-18+/t31-,34+,36-,37+,38-,45-,46+,47+,48-/m0/s1. The van der Waals surface area contributed by atoms with E-state index >= 15 is 0 Å². The van der Waals surface area contributed by atoms with Gasteiger partial charge >= 0.3 is 11.9 Å². The lowest BCUT2D eigenvalue weighted by Gasteiger charge is -2.72. The van der Waals surface area contributed by atoms with Crippen molar-refractivity contribution in [2.45, 2.75) is 159 Å². The Bertz CT molecular complexity index is 1740. The summed E-state index contributed by atoms with van der Waals surface area (Å²) in [5.41, 5.74) is 3.16. The Kier molecular flexibility index (Phi) is 10.4. The number of carboxylic acid groups (broad SMARTS) is 1. The highest BCUT2D eigenvalue weighted by molar-refractivity contribution is 6.01. The van der Waals surface area contributed by atoms with Gasteiger partial charge in [-0.1, -0.05) is 91.3 Å². The predicted octanol–water partition coefficient (Wildman–Crippen LogP) is 11.0. The molecule has 0 amide bonds. The summed E-state index contributed by atoms with van der Waals surface area (Å²) in [4.78, 5) is 52.5. The minimum Gasteiger partial charge on any atom is -0.481 e. The second-order valence-corrected chi connectivity index (χ2v) is 20.9. The summed E-state index contributed by atoms with van der Waals surface area (Å²) in [6.07, 6.45) is 12.6. The lowest BCUT2D eigenvalue weighted by molar-refractivity contribution is -0.232. The van der Waals surface area contributed by atoms with E-state index in [1.54, 1.807) is 13.8 Å². The van der Waals surface area contributed by atoms with Gasteiger partial charge < -0.3 is 9.84 Å². The summed E-state index contributed by atoms with van der Waals surface area (Å²) in [6.45, 7) is 23.9. The van der Waals surface area contributed by atoms with Crippen LogP contribution in [-0.4, -0.2) is 34.7 Å². The maximum atomic E-state index is 14.0. The first-order valence-corrected chi connectivity index (χ1v) is 21.0.